The van der Waals surface area contributed by atoms with Gasteiger partial charge in [0.2, 0.25) is 0 Å². The smallest absolute Gasteiger partial charge is 0.157 e. The third-order valence-electron chi connectivity index (χ3n) is 2.82. The summed E-state index contributed by atoms with van der Waals surface area (Å²) in [6.07, 6.45) is 6.28. The molecular formula is C13H22N4S. The zero-order valence-electron chi connectivity index (χ0n) is 11.2. The van der Waals surface area contributed by atoms with E-state index in [1.54, 1.807) is 0 Å². The van der Waals surface area contributed by atoms with Crippen LogP contribution in [-0.2, 0) is 0 Å². The third kappa shape index (κ3) is 4.92. The van der Waals surface area contributed by atoms with Crippen LogP contribution in [0.1, 0.15) is 51.5 Å². The van der Waals surface area contributed by atoms with Crippen LogP contribution in [-0.4, -0.2) is 10.9 Å². The van der Waals surface area contributed by atoms with Crippen LogP contribution in [0, 0.1) is 17.2 Å². The van der Waals surface area contributed by atoms with E-state index in [-0.39, 0.29) is 0 Å². The highest BCUT2D eigenvalue weighted by atomic mass is 32.1. The van der Waals surface area contributed by atoms with Crippen LogP contribution in [0.3, 0.4) is 0 Å². The van der Waals surface area contributed by atoms with E-state index in [4.69, 9.17) is 11.0 Å². The minimum atomic E-state index is 0.335. The van der Waals surface area contributed by atoms with Crippen molar-refractivity contribution in [1.82, 2.24) is 4.37 Å². The predicted octanol–water partition coefficient (Wildman–Crippen LogP) is 3.62. The Morgan fingerprint density at radius 1 is 1.33 bits per heavy atom. The summed E-state index contributed by atoms with van der Waals surface area (Å²) in [7, 11) is 0. The highest BCUT2D eigenvalue weighted by Crippen LogP contribution is 2.25. The molecule has 0 aromatic carbocycles. The quantitative estimate of drug-likeness (QED) is 0.705. The monoisotopic (exact) mass is 266 g/mol. The van der Waals surface area contributed by atoms with Crippen molar-refractivity contribution in [3.8, 4) is 6.07 Å². The fourth-order valence-corrected chi connectivity index (χ4v) is 2.45. The maximum absolute atomic E-state index is 8.91. The Hall–Kier alpha value is -1.28. The molecule has 0 spiro atoms. The van der Waals surface area contributed by atoms with Crippen LogP contribution in [0.2, 0.25) is 0 Å². The van der Waals surface area contributed by atoms with Gasteiger partial charge in [-0.05, 0) is 23.9 Å². The average Bonchev–Trinajstić information content (AvgIpc) is 2.68. The number of hydrogen-bond donors (Lipinski definition) is 2. The number of aromatic nitrogens is 1. The number of hydrogen-bond acceptors (Lipinski definition) is 5. The lowest BCUT2D eigenvalue weighted by molar-refractivity contribution is 0.523. The molecule has 100 valence electrons. The summed E-state index contributed by atoms with van der Waals surface area (Å²) < 4.78 is 3.97. The Bertz CT molecular complexity index is 392. The first-order chi connectivity index (χ1) is 8.65. The van der Waals surface area contributed by atoms with E-state index < -0.39 is 0 Å². The zero-order chi connectivity index (χ0) is 13.4. The standard InChI is InChI=1S/C13H22N4S/c1-10(2)7-5-3-4-6-8-16-13-11(9-14)12(15)17-18-13/h10,16H,3-8H2,1-2H3,(H2,15,17). The molecule has 1 heterocycles. The summed E-state index contributed by atoms with van der Waals surface area (Å²) in [6.45, 7) is 5.41. The molecule has 18 heavy (non-hydrogen) atoms. The molecule has 1 rings (SSSR count). The third-order valence-corrected chi connectivity index (χ3v) is 3.64. The second-order valence-electron chi connectivity index (χ2n) is 4.91. The lowest BCUT2D eigenvalue weighted by Crippen LogP contribution is -2.01. The molecule has 0 bridgehead atoms. The van der Waals surface area contributed by atoms with Gasteiger partial charge in [-0.2, -0.15) is 9.64 Å². The number of unbranched alkanes of at least 4 members (excludes halogenated alkanes) is 3. The van der Waals surface area contributed by atoms with E-state index in [0.717, 1.165) is 23.9 Å². The van der Waals surface area contributed by atoms with Gasteiger partial charge < -0.3 is 11.1 Å². The Kier molecular flexibility index (Phi) is 6.51. The van der Waals surface area contributed by atoms with Crippen molar-refractivity contribution < 1.29 is 0 Å². The molecule has 1 aromatic rings. The molecule has 3 N–H and O–H groups in total. The summed E-state index contributed by atoms with van der Waals surface area (Å²) in [5.74, 6) is 1.14. The molecule has 0 aliphatic heterocycles. The molecule has 0 aliphatic rings. The van der Waals surface area contributed by atoms with E-state index in [1.807, 2.05) is 0 Å². The molecule has 0 saturated heterocycles. The van der Waals surface area contributed by atoms with Gasteiger partial charge in [0.25, 0.3) is 0 Å². The minimum Gasteiger partial charge on any atom is -0.382 e. The topological polar surface area (TPSA) is 74.7 Å². The van der Waals surface area contributed by atoms with E-state index >= 15 is 0 Å². The first kappa shape index (κ1) is 14.8. The molecule has 1 aromatic heterocycles. The predicted molar refractivity (Wildman–Crippen MR) is 77.7 cm³/mol. The van der Waals surface area contributed by atoms with Gasteiger partial charge in [0, 0.05) is 6.54 Å². The molecule has 0 fully saturated rings. The molecule has 0 saturated carbocycles. The number of nitrogens with two attached hydrogens (primary N) is 1. The number of rotatable bonds is 8. The van der Waals surface area contributed by atoms with Gasteiger partial charge in [0.15, 0.2) is 5.82 Å². The van der Waals surface area contributed by atoms with Gasteiger partial charge in [0.1, 0.15) is 16.6 Å². The van der Waals surface area contributed by atoms with Crippen LogP contribution in [0.5, 0.6) is 0 Å². The molecule has 0 radical (unpaired) electrons. The Morgan fingerprint density at radius 2 is 2.06 bits per heavy atom. The van der Waals surface area contributed by atoms with Crippen molar-refractivity contribution in [2.75, 3.05) is 17.6 Å². The first-order valence-electron chi connectivity index (χ1n) is 6.54. The van der Waals surface area contributed by atoms with Crippen LogP contribution >= 0.6 is 11.5 Å². The summed E-state index contributed by atoms with van der Waals surface area (Å²) in [6, 6.07) is 2.08. The average molecular weight is 266 g/mol. The minimum absolute atomic E-state index is 0.335. The van der Waals surface area contributed by atoms with Gasteiger partial charge in [-0.3, -0.25) is 0 Å². The van der Waals surface area contributed by atoms with Gasteiger partial charge in [-0.25, -0.2) is 0 Å². The second-order valence-corrected chi connectivity index (χ2v) is 5.68. The molecule has 0 unspecified atom stereocenters. The second kappa shape index (κ2) is 7.93. The summed E-state index contributed by atoms with van der Waals surface area (Å²) in [5, 5.41) is 13.0. The number of anilines is 2. The van der Waals surface area contributed by atoms with Crippen molar-refractivity contribution in [1.29, 1.82) is 5.26 Å². The Balaban J connectivity index is 2.13. The normalized spacial score (nSPS) is 10.6. The fourth-order valence-electron chi connectivity index (χ4n) is 1.76. The summed E-state index contributed by atoms with van der Waals surface area (Å²) >= 11 is 1.26. The van der Waals surface area contributed by atoms with Gasteiger partial charge in [-0.1, -0.05) is 39.5 Å². The molecule has 0 aliphatic carbocycles. The van der Waals surface area contributed by atoms with E-state index in [0.29, 0.717) is 11.4 Å². The SMILES string of the molecule is CC(C)CCCCCCNc1snc(N)c1C#N. The molecule has 5 heteroatoms. The Labute approximate surface area is 113 Å². The van der Waals surface area contributed by atoms with Crippen molar-refractivity contribution in [3.05, 3.63) is 5.56 Å². The highest BCUT2D eigenvalue weighted by Gasteiger charge is 2.09. The number of nitrogens with one attached hydrogen (secondary N) is 1. The van der Waals surface area contributed by atoms with E-state index in [1.165, 1.54) is 37.2 Å². The number of nitriles is 1. The molecular weight excluding hydrogens is 244 g/mol. The molecule has 0 atom stereocenters. The van der Waals surface area contributed by atoms with Crippen molar-refractivity contribution in [3.63, 3.8) is 0 Å². The van der Waals surface area contributed by atoms with Gasteiger partial charge >= 0.3 is 0 Å². The Morgan fingerprint density at radius 3 is 2.72 bits per heavy atom. The number of nitrogens with zero attached hydrogens (tertiary/aromatic N) is 2. The first-order valence-corrected chi connectivity index (χ1v) is 7.31. The zero-order valence-corrected chi connectivity index (χ0v) is 12.0. The largest absolute Gasteiger partial charge is 0.382 e. The van der Waals surface area contributed by atoms with Gasteiger partial charge in [-0.15, -0.1) is 0 Å². The maximum Gasteiger partial charge on any atom is 0.157 e. The van der Waals surface area contributed by atoms with Crippen LogP contribution < -0.4 is 11.1 Å². The van der Waals surface area contributed by atoms with Gasteiger partial charge in [0.05, 0.1) is 0 Å². The van der Waals surface area contributed by atoms with Crippen LogP contribution in [0.25, 0.3) is 0 Å². The fraction of sp³-hybridized carbons (Fsp3) is 0.692. The highest BCUT2D eigenvalue weighted by molar-refractivity contribution is 7.10. The van der Waals surface area contributed by atoms with Crippen molar-refractivity contribution in [2.45, 2.75) is 46.0 Å². The lowest BCUT2D eigenvalue weighted by atomic mass is 10.0. The lowest BCUT2D eigenvalue weighted by Gasteiger charge is -2.05. The van der Waals surface area contributed by atoms with E-state index in [9.17, 15) is 0 Å². The van der Waals surface area contributed by atoms with E-state index in [2.05, 4.69) is 29.6 Å². The van der Waals surface area contributed by atoms with Crippen LogP contribution in [0.15, 0.2) is 0 Å². The number of nitrogen functional groups attached to an aromatic ring is 1. The molecule has 4 nitrogen and oxygen atoms in total. The van der Waals surface area contributed by atoms with Crippen molar-refractivity contribution in [2.24, 2.45) is 5.92 Å². The molecule has 0 amide bonds. The summed E-state index contributed by atoms with van der Waals surface area (Å²) in [5.41, 5.74) is 6.07. The van der Waals surface area contributed by atoms with Crippen molar-refractivity contribution >= 4 is 22.4 Å². The van der Waals surface area contributed by atoms with Crippen LogP contribution in [0.4, 0.5) is 10.8 Å². The summed E-state index contributed by atoms with van der Waals surface area (Å²) in [4.78, 5) is 0. The maximum atomic E-state index is 8.91.